The molecular formula is C25H29N3O3S. The Morgan fingerprint density at radius 3 is 2.38 bits per heavy atom. The minimum absolute atomic E-state index is 0.217. The molecule has 168 valence electrons. The van der Waals surface area contributed by atoms with Crippen LogP contribution in [0.25, 0.3) is 5.69 Å². The lowest BCUT2D eigenvalue weighted by molar-refractivity contribution is 0.215. The van der Waals surface area contributed by atoms with Crippen LogP contribution < -0.4 is 9.64 Å². The van der Waals surface area contributed by atoms with E-state index in [1.807, 2.05) is 0 Å². The SMILES string of the molecule is CCN1c2cc(C)ccc2-n2cccc2C12CCN(S(=O)(=O)c1ccc(OC)cc1)CC2. The molecule has 7 heteroatoms. The third kappa shape index (κ3) is 3.06. The van der Waals surface area contributed by atoms with E-state index < -0.39 is 10.0 Å². The summed E-state index contributed by atoms with van der Waals surface area (Å²) in [5, 5.41) is 0. The number of piperidine rings is 1. The maximum Gasteiger partial charge on any atom is 0.243 e. The van der Waals surface area contributed by atoms with Gasteiger partial charge in [-0.25, -0.2) is 8.42 Å². The van der Waals surface area contributed by atoms with Crippen LogP contribution in [0.5, 0.6) is 5.75 Å². The molecule has 0 radical (unpaired) electrons. The number of benzene rings is 2. The molecule has 2 aromatic carbocycles. The van der Waals surface area contributed by atoms with Crippen molar-refractivity contribution < 1.29 is 13.2 Å². The maximum atomic E-state index is 13.3. The highest BCUT2D eigenvalue weighted by Crippen LogP contribution is 2.48. The van der Waals surface area contributed by atoms with Gasteiger partial charge in [-0.15, -0.1) is 0 Å². The molecule has 2 aliphatic heterocycles. The number of fused-ring (bicyclic) bond motifs is 4. The van der Waals surface area contributed by atoms with Gasteiger partial charge in [0.05, 0.1) is 28.9 Å². The standard InChI is InChI=1S/C25H29N3O3S/c1-4-28-23-18-19(2)7-12-22(23)27-15-5-6-24(27)25(28)13-16-26(17-14-25)32(29,30)21-10-8-20(31-3)9-11-21/h5-12,15,18H,4,13-14,16-17H2,1-3H3. The second kappa shape index (κ2) is 7.67. The van der Waals surface area contributed by atoms with Crippen LogP contribution in [0.4, 0.5) is 5.69 Å². The molecular weight excluding hydrogens is 422 g/mol. The Morgan fingerprint density at radius 1 is 1.00 bits per heavy atom. The Bertz CT molecular complexity index is 1240. The predicted molar refractivity (Wildman–Crippen MR) is 126 cm³/mol. The Balaban J connectivity index is 1.49. The highest BCUT2D eigenvalue weighted by Gasteiger charge is 2.47. The molecule has 0 saturated carbocycles. The maximum absolute atomic E-state index is 13.3. The fourth-order valence-electron chi connectivity index (χ4n) is 5.38. The van der Waals surface area contributed by atoms with E-state index in [9.17, 15) is 8.42 Å². The molecule has 3 aromatic rings. The van der Waals surface area contributed by atoms with Gasteiger partial charge in [0.15, 0.2) is 0 Å². The number of nitrogens with zero attached hydrogens (tertiary/aromatic N) is 3. The van der Waals surface area contributed by atoms with Crippen molar-refractivity contribution in [2.45, 2.75) is 37.1 Å². The zero-order chi connectivity index (χ0) is 22.5. The molecule has 1 fully saturated rings. The minimum atomic E-state index is -3.55. The first-order valence-electron chi connectivity index (χ1n) is 11.1. The topological polar surface area (TPSA) is 54.8 Å². The van der Waals surface area contributed by atoms with E-state index >= 15 is 0 Å². The predicted octanol–water partition coefficient (Wildman–Crippen LogP) is 4.31. The van der Waals surface area contributed by atoms with Crippen LogP contribution in [0.2, 0.25) is 0 Å². The van der Waals surface area contributed by atoms with E-state index in [1.54, 1.807) is 35.7 Å². The van der Waals surface area contributed by atoms with Crippen molar-refractivity contribution in [2.75, 3.05) is 31.6 Å². The number of hydrogen-bond acceptors (Lipinski definition) is 4. The van der Waals surface area contributed by atoms with Crippen molar-refractivity contribution in [3.63, 3.8) is 0 Å². The van der Waals surface area contributed by atoms with E-state index in [0.717, 1.165) is 19.4 Å². The summed E-state index contributed by atoms with van der Waals surface area (Å²) < 4.78 is 35.7. The fraction of sp³-hybridized carbons (Fsp3) is 0.360. The number of methoxy groups -OCH3 is 1. The highest BCUT2D eigenvalue weighted by molar-refractivity contribution is 7.89. The average Bonchev–Trinajstić information content (AvgIpc) is 3.31. The average molecular weight is 452 g/mol. The number of hydrogen-bond donors (Lipinski definition) is 0. The first-order chi connectivity index (χ1) is 15.4. The summed E-state index contributed by atoms with van der Waals surface area (Å²) in [7, 11) is -1.97. The number of aryl methyl sites for hydroxylation is 1. The third-order valence-electron chi connectivity index (χ3n) is 6.99. The first kappa shape index (κ1) is 21.1. The van der Waals surface area contributed by atoms with Gasteiger partial charge < -0.3 is 14.2 Å². The Labute approximate surface area is 190 Å². The highest BCUT2D eigenvalue weighted by atomic mass is 32.2. The quantitative estimate of drug-likeness (QED) is 0.593. The molecule has 0 N–H and O–H groups in total. The second-order valence-corrected chi connectivity index (χ2v) is 10.5. The molecule has 0 unspecified atom stereocenters. The van der Waals surface area contributed by atoms with Crippen LogP contribution in [0.15, 0.2) is 65.7 Å². The molecule has 2 aliphatic rings. The van der Waals surface area contributed by atoms with Gasteiger partial charge in [0, 0.05) is 31.5 Å². The lowest BCUT2D eigenvalue weighted by Gasteiger charge is -2.52. The Kier molecular flexibility index (Phi) is 5.06. The van der Waals surface area contributed by atoms with E-state index in [1.165, 1.54) is 22.6 Å². The molecule has 1 spiro atoms. The first-order valence-corrected chi connectivity index (χ1v) is 12.6. The van der Waals surface area contributed by atoms with Gasteiger partial charge in [0.1, 0.15) is 5.75 Å². The van der Waals surface area contributed by atoms with E-state index in [0.29, 0.717) is 23.7 Å². The molecule has 1 saturated heterocycles. The molecule has 1 aromatic heterocycles. The van der Waals surface area contributed by atoms with Gasteiger partial charge in [-0.1, -0.05) is 6.07 Å². The van der Waals surface area contributed by atoms with Crippen LogP contribution in [-0.4, -0.2) is 44.0 Å². The lowest BCUT2D eigenvalue weighted by atomic mass is 9.81. The van der Waals surface area contributed by atoms with Gasteiger partial charge in [-0.3, -0.25) is 0 Å². The van der Waals surface area contributed by atoms with Crippen LogP contribution in [-0.2, 0) is 15.6 Å². The molecule has 6 nitrogen and oxygen atoms in total. The summed E-state index contributed by atoms with van der Waals surface area (Å²) in [6, 6.07) is 17.5. The number of sulfonamides is 1. The fourth-order valence-corrected chi connectivity index (χ4v) is 6.83. The molecule has 5 rings (SSSR count). The zero-order valence-electron chi connectivity index (χ0n) is 18.8. The third-order valence-corrected chi connectivity index (χ3v) is 8.90. The van der Waals surface area contributed by atoms with Crippen LogP contribution >= 0.6 is 0 Å². The van der Waals surface area contributed by atoms with Crippen molar-refractivity contribution in [1.82, 2.24) is 8.87 Å². The van der Waals surface area contributed by atoms with Gasteiger partial charge >= 0.3 is 0 Å². The monoisotopic (exact) mass is 451 g/mol. The van der Waals surface area contributed by atoms with E-state index in [-0.39, 0.29) is 5.54 Å². The number of rotatable bonds is 4. The molecule has 3 heterocycles. The Morgan fingerprint density at radius 2 is 1.72 bits per heavy atom. The van der Waals surface area contributed by atoms with Crippen LogP contribution in [0.3, 0.4) is 0 Å². The summed E-state index contributed by atoms with van der Waals surface area (Å²) >= 11 is 0. The molecule has 32 heavy (non-hydrogen) atoms. The minimum Gasteiger partial charge on any atom is -0.497 e. The van der Waals surface area contributed by atoms with Crippen LogP contribution in [0.1, 0.15) is 31.0 Å². The zero-order valence-corrected chi connectivity index (χ0v) is 19.6. The summed E-state index contributed by atoms with van der Waals surface area (Å²) in [6.45, 7) is 6.14. The number of anilines is 1. The second-order valence-electron chi connectivity index (χ2n) is 8.61. The van der Waals surface area contributed by atoms with Gasteiger partial charge in [0.2, 0.25) is 10.0 Å². The summed E-state index contributed by atoms with van der Waals surface area (Å²) in [4.78, 5) is 2.80. The van der Waals surface area contributed by atoms with Crippen molar-refractivity contribution in [2.24, 2.45) is 0 Å². The van der Waals surface area contributed by atoms with Crippen LogP contribution in [0, 0.1) is 6.92 Å². The van der Waals surface area contributed by atoms with Gasteiger partial charge in [0.25, 0.3) is 0 Å². The summed E-state index contributed by atoms with van der Waals surface area (Å²) in [6.07, 6.45) is 3.61. The number of aromatic nitrogens is 1. The summed E-state index contributed by atoms with van der Waals surface area (Å²) in [5.41, 5.74) is 4.68. The largest absolute Gasteiger partial charge is 0.497 e. The Hall–Kier alpha value is -2.77. The normalized spacial score (nSPS) is 17.8. The van der Waals surface area contributed by atoms with E-state index in [4.69, 9.17) is 4.74 Å². The number of ether oxygens (including phenoxy) is 1. The molecule has 0 aliphatic carbocycles. The van der Waals surface area contributed by atoms with Crippen molar-refractivity contribution in [3.8, 4) is 11.4 Å². The summed E-state index contributed by atoms with van der Waals surface area (Å²) in [5.74, 6) is 0.650. The van der Waals surface area contributed by atoms with Gasteiger partial charge in [-0.2, -0.15) is 4.31 Å². The van der Waals surface area contributed by atoms with Crippen molar-refractivity contribution in [1.29, 1.82) is 0 Å². The molecule has 0 amide bonds. The van der Waals surface area contributed by atoms with E-state index in [2.05, 4.69) is 59.8 Å². The molecule has 0 atom stereocenters. The molecule has 0 bridgehead atoms. The smallest absolute Gasteiger partial charge is 0.243 e. The lowest BCUT2D eigenvalue weighted by Crippen LogP contribution is -2.56. The van der Waals surface area contributed by atoms with Gasteiger partial charge in [-0.05, 0) is 80.8 Å². The van der Waals surface area contributed by atoms with Crippen molar-refractivity contribution in [3.05, 3.63) is 72.1 Å². The van der Waals surface area contributed by atoms with Crippen molar-refractivity contribution >= 4 is 15.7 Å².